The molecule has 1 aliphatic heterocycles. The van der Waals surface area contributed by atoms with Crippen LogP contribution in [0.15, 0.2) is 0 Å². The Bertz CT molecular complexity index is 326. The summed E-state index contributed by atoms with van der Waals surface area (Å²) in [5.74, 6) is -1.24. The Labute approximate surface area is 109 Å². The third-order valence-corrected chi connectivity index (χ3v) is 4.19. The predicted molar refractivity (Wildman–Crippen MR) is 69.4 cm³/mol. The van der Waals surface area contributed by atoms with Crippen molar-refractivity contribution in [1.29, 1.82) is 0 Å². The smallest absolute Gasteiger partial charge is 0.317 e. The molecule has 1 aliphatic rings. The zero-order chi connectivity index (χ0) is 13.9. The molecule has 2 unspecified atom stereocenters. The van der Waals surface area contributed by atoms with Crippen molar-refractivity contribution in [1.82, 2.24) is 10.2 Å². The van der Waals surface area contributed by atoms with Gasteiger partial charge in [-0.1, -0.05) is 20.8 Å². The minimum absolute atomic E-state index is 0.0164. The van der Waals surface area contributed by atoms with Gasteiger partial charge in [-0.3, -0.25) is 4.79 Å². The second kappa shape index (κ2) is 5.59. The maximum Gasteiger partial charge on any atom is 0.317 e. The summed E-state index contributed by atoms with van der Waals surface area (Å²) in [6.07, 6.45) is 1.72. The summed E-state index contributed by atoms with van der Waals surface area (Å²) in [6.45, 7) is 8.80. The zero-order valence-corrected chi connectivity index (χ0v) is 11.7. The van der Waals surface area contributed by atoms with E-state index in [-0.39, 0.29) is 17.5 Å². The molecule has 0 aromatic rings. The average Bonchev–Trinajstić information content (AvgIpc) is 2.71. The van der Waals surface area contributed by atoms with Gasteiger partial charge in [0.25, 0.3) is 0 Å². The Hall–Kier alpha value is -1.26. The van der Waals surface area contributed by atoms with E-state index in [9.17, 15) is 9.59 Å². The summed E-state index contributed by atoms with van der Waals surface area (Å²) in [4.78, 5) is 24.8. The number of nitrogens with zero attached hydrogens (tertiary/aromatic N) is 1. The molecule has 0 saturated carbocycles. The second-order valence-electron chi connectivity index (χ2n) is 5.52. The minimum atomic E-state index is -0.813. The van der Waals surface area contributed by atoms with Gasteiger partial charge in [-0.25, -0.2) is 4.79 Å². The Morgan fingerprint density at radius 1 is 1.33 bits per heavy atom. The van der Waals surface area contributed by atoms with Gasteiger partial charge in [0, 0.05) is 18.6 Å². The predicted octanol–water partition coefficient (Wildman–Crippen LogP) is 1.93. The normalized spacial score (nSPS) is 24.1. The van der Waals surface area contributed by atoms with Crippen LogP contribution in [0.5, 0.6) is 0 Å². The van der Waals surface area contributed by atoms with Gasteiger partial charge in [-0.2, -0.15) is 0 Å². The summed E-state index contributed by atoms with van der Waals surface area (Å²) < 4.78 is 0. The lowest BCUT2D eigenvalue weighted by Crippen LogP contribution is -2.50. The van der Waals surface area contributed by atoms with Crippen molar-refractivity contribution >= 4 is 12.0 Å². The minimum Gasteiger partial charge on any atom is -0.481 e. The van der Waals surface area contributed by atoms with E-state index in [1.54, 1.807) is 4.90 Å². The van der Waals surface area contributed by atoms with E-state index >= 15 is 0 Å². The number of hydrogen-bond acceptors (Lipinski definition) is 2. The van der Waals surface area contributed by atoms with Crippen LogP contribution in [0, 0.1) is 11.8 Å². The fourth-order valence-electron chi connectivity index (χ4n) is 2.22. The molecule has 1 fully saturated rings. The summed E-state index contributed by atoms with van der Waals surface area (Å²) >= 11 is 0. The Balaban J connectivity index is 2.62. The number of nitrogens with one attached hydrogen (secondary N) is 1. The van der Waals surface area contributed by atoms with E-state index in [0.29, 0.717) is 13.1 Å². The van der Waals surface area contributed by atoms with Crippen LogP contribution in [0.25, 0.3) is 0 Å². The molecule has 0 spiro atoms. The van der Waals surface area contributed by atoms with E-state index in [1.165, 1.54) is 0 Å². The third kappa shape index (κ3) is 3.15. The summed E-state index contributed by atoms with van der Waals surface area (Å²) in [5.41, 5.74) is -0.207. The van der Waals surface area contributed by atoms with Gasteiger partial charge in [0.2, 0.25) is 0 Å². The number of likely N-dealkylation sites (tertiary alicyclic amines) is 1. The molecule has 2 atom stereocenters. The number of carboxylic acids is 1. The molecule has 1 rings (SSSR count). The van der Waals surface area contributed by atoms with Gasteiger partial charge in [-0.15, -0.1) is 0 Å². The molecule has 0 radical (unpaired) electrons. The van der Waals surface area contributed by atoms with Crippen molar-refractivity contribution in [3.63, 3.8) is 0 Å². The molecule has 5 heteroatoms. The highest BCUT2D eigenvalue weighted by Crippen LogP contribution is 2.24. The van der Waals surface area contributed by atoms with Crippen LogP contribution in [0.2, 0.25) is 0 Å². The SMILES string of the molecule is CCC(C)(CC)NC(=O)N1CC(C)C(C(=O)O)C1. The molecule has 0 aromatic heterocycles. The number of aliphatic carboxylic acids is 1. The van der Waals surface area contributed by atoms with Crippen molar-refractivity contribution in [3.05, 3.63) is 0 Å². The maximum absolute atomic E-state index is 12.1. The molecular formula is C13H24N2O3. The highest BCUT2D eigenvalue weighted by atomic mass is 16.4. The van der Waals surface area contributed by atoms with Gasteiger partial charge < -0.3 is 15.3 Å². The largest absolute Gasteiger partial charge is 0.481 e. The van der Waals surface area contributed by atoms with Crippen molar-refractivity contribution in [3.8, 4) is 0 Å². The highest BCUT2D eigenvalue weighted by Gasteiger charge is 2.38. The first-order chi connectivity index (χ1) is 8.33. The molecular weight excluding hydrogens is 232 g/mol. The van der Waals surface area contributed by atoms with Crippen molar-refractivity contribution in [2.45, 2.75) is 46.1 Å². The highest BCUT2D eigenvalue weighted by molar-refractivity contribution is 5.78. The lowest BCUT2D eigenvalue weighted by molar-refractivity contribution is -0.142. The van der Waals surface area contributed by atoms with E-state index < -0.39 is 11.9 Å². The monoisotopic (exact) mass is 256 g/mol. The van der Waals surface area contributed by atoms with Crippen LogP contribution in [0.1, 0.15) is 40.5 Å². The molecule has 5 nitrogen and oxygen atoms in total. The van der Waals surface area contributed by atoms with Gasteiger partial charge >= 0.3 is 12.0 Å². The first-order valence-corrected chi connectivity index (χ1v) is 6.63. The standard InChI is InChI=1S/C13H24N2O3/c1-5-13(4,6-2)14-12(18)15-7-9(3)10(8-15)11(16)17/h9-10H,5-8H2,1-4H3,(H,14,18)(H,16,17). The second-order valence-corrected chi connectivity index (χ2v) is 5.52. The molecule has 0 bridgehead atoms. The van der Waals surface area contributed by atoms with Crippen LogP contribution in [-0.2, 0) is 4.79 Å². The van der Waals surface area contributed by atoms with Gasteiger partial charge in [0.1, 0.15) is 0 Å². The Morgan fingerprint density at radius 2 is 1.89 bits per heavy atom. The molecule has 2 amide bonds. The van der Waals surface area contributed by atoms with Crippen molar-refractivity contribution in [2.75, 3.05) is 13.1 Å². The van der Waals surface area contributed by atoms with E-state index in [0.717, 1.165) is 12.8 Å². The molecule has 2 N–H and O–H groups in total. The van der Waals surface area contributed by atoms with E-state index in [1.807, 2.05) is 27.7 Å². The Morgan fingerprint density at radius 3 is 2.28 bits per heavy atom. The fourth-order valence-corrected chi connectivity index (χ4v) is 2.22. The quantitative estimate of drug-likeness (QED) is 0.807. The molecule has 104 valence electrons. The average molecular weight is 256 g/mol. The van der Waals surface area contributed by atoms with Gasteiger partial charge in [0.05, 0.1) is 5.92 Å². The number of carboxylic acid groups (broad SMARTS) is 1. The molecule has 1 saturated heterocycles. The number of carbonyl (C=O) groups is 2. The maximum atomic E-state index is 12.1. The van der Waals surface area contributed by atoms with Crippen LogP contribution >= 0.6 is 0 Å². The van der Waals surface area contributed by atoms with Gasteiger partial charge in [0.15, 0.2) is 0 Å². The molecule has 0 aliphatic carbocycles. The first-order valence-electron chi connectivity index (χ1n) is 6.63. The number of urea groups is 1. The summed E-state index contributed by atoms with van der Waals surface area (Å²) in [7, 11) is 0. The molecule has 0 aromatic carbocycles. The van der Waals surface area contributed by atoms with Crippen LogP contribution < -0.4 is 5.32 Å². The van der Waals surface area contributed by atoms with Gasteiger partial charge in [-0.05, 0) is 25.7 Å². The topological polar surface area (TPSA) is 69.6 Å². The van der Waals surface area contributed by atoms with Crippen LogP contribution in [-0.4, -0.2) is 40.6 Å². The lowest BCUT2D eigenvalue weighted by Gasteiger charge is -2.31. The molecule has 18 heavy (non-hydrogen) atoms. The fraction of sp³-hybridized carbons (Fsp3) is 0.846. The first kappa shape index (κ1) is 14.8. The van der Waals surface area contributed by atoms with Crippen LogP contribution in [0.3, 0.4) is 0 Å². The van der Waals surface area contributed by atoms with Crippen molar-refractivity contribution < 1.29 is 14.7 Å². The van der Waals surface area contributed by atoms with Crippen molar-refractivity contribution in [2.24, 2.45) is 11.8 Å². The number of rotatable bonds is 4. The zero-order valence-electron chi connectivity index (χ0n) is 11.7. The third-order valence-electron chi connectivity index (χ3n) is 4.19. The molecule has 1 heterocycles. The number of carbonyl (C=O) groups excluding carboxylic acids is 1. The lowest BCUT2D eigenvalue weighted by atomic mass is 9.96. The van der Waals surface area contributed by atoms with E-state index in [4.69, 9.17) is 5.11 Å². The van der Waals surface area contributed by atoms with E-state index in [2.05, 4.69) is 5.32 Å². The summed E-state index contributed by atoms with van der Waals surface area (Å²) in [6, 6.07) is -0.142. The number of amides is 2. The number of hydrogen-bond donors (Lipinski definition) is 2. The summed E-state index contributed by atoms with van der Waals surface area (Å²) in [5, 5.41) is 12.1. The van der Waals surface area contributed by atoms with Crippen LogP contribution in [0.4, 0.5) is 4.79 Å². The Kier molecular flexibility index (Phi) is 4.59.